The Morgan fingerprint density at radius 2 is 1.58 bits per heavy atom. The van der Waals surface area contributed by atoms with Gasteiger partial charge in [0, 0.05) is 5.56 Å². The Morgan fingerprint density at radius 3 is 2.12 bits per heavy atom. The quantitative estimate of drug-likeness (QED) is 0.779. The number of carbonyl (C=O) groups is 2. The number of sulfone groups is 1. The molecule has 1 aliphatic heterocycles. The van der Waals surface area contributed by atoms with Gasteiger partial charge in [-0.1, -0.05) is 17.7 Å². The minimum Gasteiger partial charge on any atom is -0.346 e. The van der Waals surface area contributed by atoms with Crippen LogP contribution in [0, 0.1) is 13.8 Å². The Bertz CT molecular complexity index is 937. The summed E-state index contributed by atoms with van der Waals surface area (Å²) in [5.74, 6) is -1.32. The third-order valence-electron chi connectivity index (χ3n) is 4.17. The first-order valence-electron chi connectivity index (χ1n) is 7.93. The molecule has 2 atom stereocenters. The van der Waals surface area contributed by atoms with Crippen molar-refractivity contribution in [1.82, 2.24) is 19.4 Å². The summed E-state index contributed by atoms with van der Waals surface area (Å²) < 4.78 is 31.9. The maximum absolute atomic E-state index is 12.4. The van der Waals surface area contributed by atoms with E-state index in [9.17, 15) is 18.0 Å². The molecular weight excluding hydrogens is 376 g/mol. The molecule has 0 aliphatic carbocycles. The first kappa shape index (κ1) is 18.5. The Hall–Kier alpha value is -2.33. The van der Waals surface area contributed by atoms with E-state index in [1.54, 1.807) is 31.2 Å². The van der Waals surface area contributed by atoms with Gasteiger partial charge in [-0.15, -0.1) is 0 Å². The van der Waals surface area contributed by atoms with Crippen LogP contribution in [0.2, 0.25) is 0 Å². The normalized spacial score (nSPS) is 21.3. The predicted molar refractivity (Wildman–Crippen MR) is 97.0 cm³/mol. The lowest BCUT2D eigenvalue weighted by atomic mass is 10.1. The Kier molecular flexibility index (Phi) is 5.05. The molecule has 0 bridgehead atoms. The smallest absolute Gasteiger partial charge is 0.273 e. The molecule has 0 spiro atoms. The number of rotatable bonds is 4. The largest absolute Gasteiger partial charge is 0.346 e. The molecule has 26 heavy (non-hydrogen) atoms. The number of aromatic nitrogens is 2. The monoisotopic (exact) mass is 394 g/mol. The molecule has 0 radical (unpaired) electrons. The van der Waals surface area contributed by atoms with Crippen LogP contribution in [0.15, 0.2) is 24.3 Å². The van der Waals surface area contributed by atoms with Crippen LogP contribution >= 0.6 is 11.7 Å². The van der Waals surface area contributed by atoms with Crippen molar-refractivity contribution in [3.05, 3.63) is 46.8 Å². The van der Waals surface area contributed by atoms with Gasteiger partial charge >= 0.3 is 0 Å². The molecule has 2 heterocycles. The Balaban J connectivity index is 1.74. The molecule has 0 saturated carbocycles. The fourth-order valence-corrected chi connectivity index (χ4v) is 5.17. The molecule has 1 aromatic heterocycles. The molecule has 10 heteroatoms. The summed E-state index contributed by atoms with van der Waals surface area (Å²) in [7, 11) is -3.37. The molecule has 0 unspecified atom stereocenters. The van der Waals surface area contributed by atoms with Gasteiger partial charge in [0.25, 0.3) is 11.8 Å². The van der Waals surface area contributed by atoms with E-state index >= 15 is 0 Å². The van der Waals surface area contributed by atoms with Crippen molar-refractivity contribution >= 4 is 33.4 Å². The number of amides is 2. The first-order chi connectivity index (χ1) is 12.2. The third kappa shape index (κ3) is 4.07. The second kappa shape index (κ2) is 7.12. The van der Waals surface area contributed by atoms with E-state index in [4.69, 9.17) is 0 Å². The van der Waals surface area contributed by atoms with Crippen LogP contribution in [0.5, 0.6) is 0 Å². The maximum Gasteiger partial charge on any atom is 0.273 e. The van der Waals surface area contributed by atoms with Crippen LogP contribution in [0.25, 0.3) is 0 Å². The molecule has 2 N–H and O–H groups in total. The SMILES string of the molecule is Cc1ccc(C(=O)N[C@@H]2CS(=O)(=O)C[C@@H]2NC(=O)c2nsnc2C)cc1. The average molecular weight is 394 g/mol. The highest BCUT2D eigenvalue weighted by atomic mass is 32.2. The molecule has 1 aromatic carbocycles. The van der Waals surface area contributed by atoms with Crippen LogP contribution in [-0.4, -0.2) is 52.6 Å². The lowest BCUT2D eigenvalue weighted by Crippen LogP contribution is -2.51. The molecular formula is C16H18N4O4S2. The number of aryl methyl sites for hydroxylation is 2. The van der Waals surface area contributed by atoms with Gasteiger partial charge in [0.15, 0.2) is 15.5 Å². The highest BCUT2D eigenvalue weighted by molar-refractivity contribution is 7.91. The minimum absolute atomic E-state index is 0.169. The number of nitrogens with zero attached hydrogens (tertiary/aromatic N) is 2. The van der Waals surface area contributed by atoms with Crippen LogP contribution < -0.4 is 10.6 Å². The van der Waals surface area contributed by atoms with E-state index in [-0.39, 0.29) is 23.1 Å². The summed E-state index contributed by atoms with van der Waals surface area (Å²) in [4.78, 5) is 24.7. The summed E-state index contributed by atoms with van der Waals surface area (Å²) in [6, 6.07) is 5.53. The second-order valence-electron chi connectivity index (χ2n) is 6.30. The van der Waals surface area contributed by atoms with E-state index < -0.39 is 27.8 Å². The number of carbonyl (C=O) groups excluding carboxylic acids is 2. The molecule has 1 fully saturated rings. The predicted octanol–water partition coefficient (Wildman–Crippen LogP) is 0.480. The topological polar surface area (TPSA) is 118 Å². The van der Waals surface area contributed by atoms with Gasteiger partial charge in [-0.05, 0) is 26.0 Å². The van der Waals surface area contributed by atoms with E-state index in [1.807, 2.05) is 6.92 Å². The molecule has 3 rings (SSSR count). The number of nitrogens with one attached hydrogen (secondary N) is 2. The fraction of sp³-hybridized carbons (Fsp3) is 0.375. The number of hydrogen-bond acceptors (Lipinski definition) is 7. The lowest BCUT2D eigenvalue weighted by molar-refractivity contribution is 0.0894. The van der Waals surface area contributed by atoms with Crippen molar-refractivity contribution in [3.8, 4) is 0 Å². The Morgan fingerprint density at radius 1 is 1.00 bits per heavy atom. The van der Waals surface area contributed by atoms with Gasteiger partial charge in [-0.2, -0.15) is 8.75 Å². The zero-order valence-corrected chi connectivity index (χ0v) is 15.9. The summed E-state index contributed by atoms with van der Waals surface area (Å²) in [6.45, 7) is 3.56. The zero-order chi connectivity index (χ0) is 18.9. The van der Waals surface area contributed by atoms with Crippen molar-refractivity contribution in [2.45, 2.75) is 25.9 Å². The van der Waals surface area contributed by atoms with Crippen LogP contribution in [-0.2, 0) is 9.84 Å². The van der Waals surface area contributed by atoms with E-state index in [0.29, 0.717) is 11.3 Å². The van der Waals surface area contributed by atoms with Crippen molar-refractivity contribution in [2.24, 2.45) is 0 Å². The molecule has 2 amide bonds. The summed E-state index contributed by atoms with van der Waals surface area (Å²) in [5, 5.41) is 5.38. The van der Waals surface area contributed by atoms with E-state index in [1.165, 1.54) is 0 Å². The number of hydrogen-bond donors (Lipinski definition) is 2. The summed E-state index contributed by atoms with van der Waals surface area (Å²) >= 11 is 0.913. The van der Waals surface area contributed by atoms with Gasteiger partial charge in [0.05, 0.1) is 41.0 Å². The van der Waals surface area contributed by atoms with Crippen LogP contribution in [0.1, 0.15) is 32.1 Å². The van der Waals surface area contributed by atoms with E-state index in [2.05, 4.69) is 19.4 Å². The first-order valence-corrected chi connectivity index (χ1v) is 10.5. The molecule has 1 saturated heterocycles. The lowest BCUT2D eigenvalue weighted by Gasteiger charge is -2.20. The maximum atomic E-state index is 12.4. The standard InChI is InChI=1S/C16H18N4O4S2/c1-9-3-5-11(6-4-9)15(21)17-12-7-26(23,24)8-13(12)18-16(22)14-10(2)19-25-20-14/h3-6,12-13H,7-8H2,1-2H3,(H,17,21)(H,18,22)/t12-,13+/m1/s1. The van der Waals surface area contributed by atoms with Gasteiger partial charge in [0.1, 0.15) is 0 Å². The van der Waals surface area contributed by atoms with Crippen molar-refractivity contribution in [3.63, 3.8) is 0 Å². The number of benzene rings is 1. The highest BCUT2D eigenvalue weighted by Gasteiger charge is 2.40. The zero-order valence-electron chi connectivity index (χ0n) is 14.2. The van der Waals surface area contributed by atoms with Crippen molar-refractivity contribution in [1.29, 1.82) is 0 Å². The van der Waals surface area contributed by atoms with Gasteiger partial charge < -0.3 is 10.6 Å². The van der Waals surface area contributed by atoms with Crippen LogP contribution in [0.3, 0.4) is 0 Å². The van der Waals surface area contributed by atoms with Gasteiger partial charge in [-0.25, -0.2) is 8.42 Å². The van der Waals surface area contributed by atoms with Crippen LogP contribution in [0.4, 0.5) is 0 Å². The Labute approximate surface area is 155 Å². The average Bonchev–Trinajstić information content (AvgIpc) is 3.10. The van der Waals surface area contributed by atoms with Gasteiger partial charge in [-0.3, -0.25) is 9.59 Å². The van der Waals surface area contributed by atoms with E-state index in [0.717, 1.165) is 17.3 Å². The summed E-state index contributed by atoms with van der Waals surface area (Å²) in [6.07, 6.45) is 0. The van der Waals surface area contributed by atoms with Crippen molar-refractivity contribution < 1.29 is 18.0 Å². The van der Waals surface area contributed by atoms with Crippen molar-refractivity contribution in [2.75, 3.05) is 11.5 Å². The third-order valence-corrected chi connectivity index (χ3v) is 6.52. The fourth-order valence-electron chi connectivity index (χ4n) is 2.76. The molecule has 1 aliphatic rings. The highest BCUT2D eigenvalue weighted by Crippen LogP contribution is 2.15. The van der Waals surface area contributed by atoms with Gasteiger partial charge in [0.2, 0.25) is 0 Å². The molecule has 8 nitrogen and oxygen atoms in total. The molecule has 138 valence electrons. The summed E-state index contributed by atoms with van der Waals surface area (Å²) in [5.41, 5.74) is 2.10. The minimum atomic E-state index is -3.37. The second-order valence-corrected chi connectivity index (χ2v) is 8.98. The molecule has 2 aromatic rings.